The standard InChI is InChI=1S/C16H6F18O4/c17-7-3-1-6(2-4-7)5-36-8(35)9(18,12(22,23)24)37-16(33,34)11(21,14(28,29)30)38-15(31,32)10(19,20)13(25,26)27/h1-4H,5H2. The van der Waals surface area contributed by atoms with Gasteiger partial charge in [-0.3, -0.25) is 9.47 Å². The normalized spacial score (nSPS) is 17.5. The van der Waals surface area contributed by atoms with Crippen molar-refractivity contribution in [1.29, 1.82) is 0 Å². The first-order chi connectivity index (χ1) is 16.6. The molecule has 2 atom stereocenters. The van der Waals surface area contributed by atoms with Gasteiger partial charge in [-0.2, -0.15) is 74.6 Å². The van der Waals surface area contributed by atoms with E-state index in [0.29, 0.717) is 24.3 Å². The highest BCUT2D eigenvalue weighted by molar-refractivity contribution is 5.78. The second kappa shape index (κ2) is 9.83. The smallest absolute Gasteiger partial charge is 0.456 e. The molecule has 0 aromatic heterocycles. The van der Waals surface area contributed by atoms with E-state index in [1.54, 1.807) is 0 Å². The van der Waals surface area contributed by atoms with Gasteiger partial charge in [0, 0.05) is 0 Å². The van der Waals surface area contributed by atoms with E-state index in [9.17, 15) is 83.8 Å². The summed E-state index contributed by atoms with van der Waals surface area (Å²) in [6.45, 7) is -1.61. The van der Waals surface area contributed by atoms with Gasteiger partial charge >= 0.3 is 54.3 Å². The SMILES string of the molecule is O=C(OCc1ccc(F)cc1)C(F)(OC(F)(F)C(F)(OC(F)(F)C(F)(F)C(F)(F)F)C(F)(F)F)C(F)(F)F. The molecule has 0 saturated carbocycles. The lowest BCUT2D eigenvalue weighted by molar-refractivity contribution is -0.548. The summed E-state index contributed by atoms with van der Waals surface area (Å²) in [4.78, 5) is 11.5. The molecular formula is C16H6F18O4. The number of carbonyl (C=O) groups excluding carboxylic acids is 1. The Morgan fingerprint density at radius 1 is 0.605 bits per heavy atom. The molecule has 0 aliphatic heterocycles. The topological polar surface area (TPSA) is 44.8 Å². The van der Waals surface area contributed by atoms with Gasteiger partial charge < -0.3 is 4.74 Å². The summed E-state index contributed by atoms with van der Waals surface area (Å²) in [5, 5.41) is 0. The van der Waals surface area contributed by atoms with Crippen LogP contribution < -0.4 is 0 Å². The van der Waals surface area contributed by atoms with Gasteiger partial charge in [0.2, 0.25) is 0 Å². The molecule has 0 aliphatic rings. The van der Waals surface area contributed by atoms with Crippen molar-refractivity contribution in [3.05, 3.63) is 35.6 Å². The van der Waals surface area contributed by atoms with E-state index < -0.39 is 72.3 Å². The van der Waals surface area contributed by atoms with Gasteiger partial charge in [-0.25, -0.2) is 9.18 Å². The fourth-order valence-corrected chi connectivity index (χ4v) is 1.97. The van der Waals surface area contributed by atoms with E-state index >= 15 is 0 Å². The van der Waals surface area contributed by atoms with Crippen LogP contribution in [0, 0.1) is 5.82 Å². The van der Waals surface area contributed by atoms with Crippen LogP contribution in [0.25, 0.3) is 0 Å². The summed E-state index contributed by atoms with van der Waals surface area (Å²) < 4.78 is 241. The van der Waals surface area contributed by atoms with Crippen LogP contribution in [-0.4, -0.2) is 54.3 Å². The summed E-state index contributed by atoms with van der Waals surface area (Å²) in [5.74, 6) is -27.8. The van der Waals surface area contributed by atoms with Crippen LogP contribution in [0.1, 0.15) is 5.56 Å². The van der Waals surface area contributed by atoms with Gasteiger partial charge in [-0.05, 0) is 17.7 Å². The molecule has 1 aromatic rings. The van der Waals surface area contributed by atoms with Gasteiger partial charge in [0.1, 0.15) is 12.4 Å². The molecule has 38 heavy (non-hydrogen) atoms. The summed E-state index contributed by atoms with van der Waals surface area (Å²) >= 11 is 0. The average molecular weight is 604 g/mol. The Morgan fingerprint density at radius 2 is 1.05 bits per heavy atom. The van der Waals surface area contributed by atoms with Crippen molar-refractivity contribution in [3.63, 3.8) is 0 Å². The third kappa shape index (κ3) is 6.15. The highest BCUT2D eigenvalue weighted by Crippen LogP contribution is 2.56. The van der Waals surface area contributed by atoms with Crippen molar-refractivity contribution in [3.8, 4) is 0 Å². The Kier molecular flexibility index (Phi) is 8.63. The zero-order chi connectivity index (χ0) is 30.4. The third-order valence-corrected chi connectivity index (χ3v) is 3.91. The molecule has 0 saturated heterocycles. The fourth-order valence-electron chi connectivity index (χ4n) is 1.97. The number of hydrogen-bond acceptors (Lipinski definition) is 4. The van der Waals surface area contributed by atoms with Crippen molar-refractivity contribution in [2.75, 3.05) is 0 Å². The third-order valence-electron chi connectivity index (χ3n) is 3.91. The Bertz CT molecular complexity index is 982. The molecule has 0 heterocycles. The lowest BCUT2D eigenvalue weighted by Gasteiger charge is -2.39. The minimum atomic E-state index is -8.11. The molecule has 0 aliphatic carbocycles. The molecule has 22 heteroatoms. The molecule has 1 rings (SSSR count). The van der Waals surface area contributed by atoms with E-state index in [4.69, 9.17) is 0 Å². The second-order valence-electron chi connectivity index (χ2n) is 6.70. The molecule has 0 N–H and O–H groups in total. The Balaban J connectivity index is 3.51. The van der Waals surface area contributed by atoms with Crippen LogP contribution in [0.4, 0.5) is 79.0 Å². The maximum Gasteiger partial charge on any atom is 0.462 e. The number of esters is 1. The van der Waals surface area contributed by atoms with Gasteiger partial charge in [0.25, 0.3) is 0 Å². The maximum absolute atomic E-state index is 14.3. The van der Waals surface area contributed by atoms with Crippen LogP contribution in [0.15, 0.2) is 24.3 Å². The van der Waals surface area contributed by atoms with Crippen LogP contribution in [0.3, 0.4) is 0 Å². The molecule has 0 spiro atoms. The van der Waals surface area contributed by atoms with Crippen molar-refractivity contribution in [1.82, 2.24) is 0 Å². The summed E-state index contributed by atoms with van der Waals surface area (Å²) in [7, 11) is 0. The van der Waals surface area contributed by atoms with Crippen LogP contribution in [-0.2, 0) is 25.6 Å². The second-order valence-corrected chi connectivity index (χ2v) is 6.70. The van der Waals surface area contributed by atoms with Crippen LogP contribution >= 0.6 is 0 Å². The van der Waals surface area contributed by atoms with Crippen molar-refractivity contribution in [2.24, 2.45) is 0 Å². The molecular weight excluding hydrogens is 598 g/mol. The molecule has 0 bridgehead atoms. The van der Waals surface area contributed by atoms with E-state index in [-0.39, 0.29) is 0 Å². The zero-order valence-electron chi connectivity index (χ0n) is 17.0. The highest BCUT2D eigenvalue weighted by atomic mass is 19.4. The summed E-state index contributed by atoms with van der Waals surface area (Å²) in [5.41, 5.74) is -0.552. The molecule has 0 amide bonds. The van der Waals surface area contributed by atoms with E-state index in [0.717, 1.165) is 0 Å². The number of carbonyl (C=O) groups is 1. The summed E-state index contributed by atoms with van der Waals surface area (Å²) in [6, 6.07) is 2.29. The monoisotopic (exact) mass is 604 g/mol. The largest absolute Gasteiger partial charge is 0.462 e. The molecule has 0 radical (unpaired) electrons. The lowest BCUT2D eigenvalue weighted by atomic mass is 10.2. The van der Waals surface area contributed by atoms with E-state index in [1.807, 2.05) is 4.74 Å². The first kappa shape index (κ1) is 33.4. The molecule has 4 nitrogen and oxygen atoms in total. The van der Waals surface area contributed by atoms with Crippen LogP contribution in [0.2, 0.25) is 0 Å². The maximum atomic E-state index is 14.3. The Hall–Kier alpha value is -2.65. The molecule has 1 aromatic carbocycles. The molecule has 2 unspecified atom stereocenters. The average Bonchev–Trinajstić information content (AvgIpc) is 2.69. The first-order valence-electron chi connectivity index (χ1n) is 8.59. The predicted molar refractivity (Wildman–Crippen MR) is 79.1 cm³/mol. The number of alkyl halides is 17. The minimum absolute atomic E-state index is 0.537. The molecule has 0 fully saturated rings. The quantitative estimate of drug-likeness (QED) is 0.232. The fraction of sp³-hybridized carbons (Fsp3) is 0.562. The van der Waals surface area contributed by atoms with Crippen molar-refractivity contribution >= 4 is 5.97 Å². The van der Waals surface area contributed by atoms with Crippen LogP contribution in [0.5, 0.6) is 0 Å². The number of hydrogen-bond donors (Lipinski definition) is 0. The van der Waals surface area contributed by atoms with Crippen molar-refractivity contribution < 1.29 is 98.0 Å². The number of benzene rings is 1. The number of ether oxygens (including phenoxy) is 3. The van der Waals surface area contributed by atoms with E-state index in [2.05, 4.69) is 4.74 Å². The Morgan fingerprint density at radius 3 is 1.42 bits per heavy atom. The molecule has 220 valence electrons. The minimum Gasteiger partial charge on any atom is -0.456 e. The Labute approximate surface area is 196 Å². The zero-order valence-corrected chi connectivity index (χ0v) is 17.0. The number of halogens is 18. The van der Waals surface area contributed by atoms with Gasteiger partial charge in [0.05, 0.1) is 0 Å². The van der Waals surface area contributed by atoms with Gasteiger partial charge in [-0.15, -0.1) is 0 Å². The highest BCUT2D eigenvalue weighted by Gasteiger charge is 2.85. The van der Waals surface area contributed by atoms with E-state index in [1.165, 1.54) is 4.74 Å². The van der Waals surface area contributed by atoms with Crippen molar-refractivity contribution in [2.45, 2.75) is 55.0 Å². The first-order valence-corrected chi connectivity index (χ1v) is 8.59. The van der Waals surface area contributed by atoms with Gasteiger partial charge in [-0.1, -0.05) is 12.1 Å². The van der Waals surface area contributed by atoms with Gasteiger partial charge in [0.15, 0.2) is 0 Å². The summed E-state index contributed by atoms with van der Waals surface area (Å²) in [6.07, 6.45) is -38.9. The predicted octanol–water partition coefficient (Wildman–Crippen LogP) is 6.74. The lowest BCUT2D eigenvalue weighted by Crippen LogP contribution is -2.68. The number of rotatable bonds is 9.